The van der Waals surface area contributed by atoms with Crippen LogP contribution in [0.2, 0.25) is 0 Å². The Kier molecular flexibility index (Phi) is 3.74. The lowest BCUT2D eigenvalue weighted by Gasteiger charge is -2.21. The van der Waals surface area contributed by atoms with E-state index in [0.29, 0.717) is 18.7 Å². The molecule has 0 aromatic carbocycles. The highest BCUT2D eigenvalue weighted by Crippen LogP contribution is 2.26. The zero-order valence-electron chi connectivity index (χ0n) is 12.4. The van der Waals surface area contributed by atoms with E-state index < -0.39 is 12.0 Å². The molecule has 1 saturated heterocycles. The summed E-state index contributed by atoms with van der Waals surface area (Å²) < 4.78 is 1.74. The average Bonchev–Trinajstić information content (AvgIpc) is 3.16. The molecule has 1 unspecified atom stereocenters. The Labute approximate surface area is 132 Å². The van der Waals surface area contributed by atoms with Crippen LogP contribution >= 0.6 is 11.3 Å². The number of carbonyl (C=O) groups excluding carboxylic acids is 1. The summed E-state index contributed by atoms with van der Waals surface area (Å²) in [6, 6.07) is 1.07. The van der Waals surface area contributed by atoms with Crippen molar-refractivity contribution in [1.29, 1.82) is 0 Å². The first kappa shape index (κ1) is 14.8. The summed E-state index contributed by atoms with van der Waals surface area (Å²) >= 11 is 1.56. The molecule has 1 amide bonds. The lowest BCUT2D eigenvalue weighted by atomic mass is 10.2. The topological polar surface area (TPSA) is 75.4 Å². The molecule has 1 aliphatic heterocycles. The predicted molar refractivity (Wildman–Crippen MR) is 83.0 cm³/mol. The van der Waals surface area contributed by atoms with Gasteiger partial charge in [-0.05, 0) is 25.8 Å². The normalized spacial score (nSPS) is 17.9. The molecule has 3 heterocycles. The van der Waals surface area contributed by atoms with E-state index in [4.69, 9.17) is 0 Å². The average molecular weight is 319 g/mol. The van der Waals surface area contributed by atoms with Crippen LogP contribution in [0.1, 0.15) is 28.3 Å². The van der Waals surface area contributed by atoms with Crippen LogP contribution < -0.4 is 0 Å². The van der Waals surface area contributed by atoms with E-state index in [-0.39, 0.29) is 5.91 Å². The number of aliphatic carboxylic acids is 1. The summed E-state index contributed by atoms with van der Waals surface area (Å²) in [6.45, 7) is 2.43. The van der Waals surface area contributed by atoms with Gasteiger partial charge < -0.3 is 14.6 Å². The van der Waals surface area contributed by atoms with Crippen molar-refractivity contribution in [2.24, 2.45) is 7.05 Å². The van der Waals surface area contributed by atoms with Crippen LogP contribution in [0.25, 0.3) is 11.3 Å². The Hall–Kier alpha value is -2.15. The molecule has 0 spiro atoms. The smallest absolute Gasteiger partial charge is 0.326 e. The number of amides is 1. The van der Waals surface area contributed by atoms with Crippen molar-refractivity contribution in [1.82, 2.24) is 14.5 Å². The minimum atomic E-state index is -0.935. The molecule has 1 aliphatic rings. The molecule has 1 fully saturated rings. The van der Waals surface area contributed by atoms with Crippen LogP contribution in [0.3, 0.4) is 0 Å². The number of carboxylic acid groups (broad SMARTS) is 1. The first-order valence-corrected chi connectivity index (χ1v) is 7.98. The van der Waals surface area contributed by atoms with Gasteiger partial charge in [0.1, 0.15) is 11.7 Å². The van der Waals surface area contributed by atoms with Crippen molar-refractivity contribution in [2.75, 3.05) is 6.54 Å². The third kappa shape index (κ3) is 2.52. The lowest BCUT2D eigenvalue weighted by molar-refractivity contribution is -0.141. The van der Waals surface area contributed by atoms with Gasteiger partial charge in [-0.2, -0.15) is 0 Å². The molecule has 1 N–H and O–H groups in total. The van der Waals surface area contributed by atoms with E-state index in [9.17, 15) is 14.7 Å². The monoisotopic (exact) mass is 319 g/mol. The summed E-state index contributed by atoms with van der Waals surface area (Å²) in [5, 5.41) is 12.1. The van der Waals surface area contributed by atoms with Crippen LogP contribution in [0.5, 0.6) is 0 Å². The zero-order valence-corrected chi connectivity index (χ0v) is 13.3. The molecule has 3 rings (SSSR count). The molecule has 22 heavy (non-hydrogen) atoms. The van der Waals surface area contributed by atoms with Crippen molar-refractivity contribution < 1.29 is 14.7 Å². The van der Waals surface area contributed by atoms with Gasteiger partial charge >= 0.3 is 5.97 Å². The molecule has 1 atom stereocenters. The fraction of sp³-hybridized carbons (Fsp3) is 0.400. The van der Waals surface area contributed by atoms with Gasteiger partial charge in [-0.25, -0.2) is 9.78 Å². The van der Waals surface area contributed by atoms with Crippen molar-refractivity contribution in [3.8, 4) is 11.3 Å². The van der Waals surface area contributed by atoms with E-state index in [0.717, 1.165) is 22.7 Å². The highest BCUT2D eigenvalue weighted by Gasteiger charge is 2.35. The zero-order chi connectivity index (χ0) is 15.9. The van der Waals surface area contributed by atoms with E-state index in [1.807, 2.05) is 18.5 Å². The number of carboxylic acids is 1. The second-order valence-corrected chi connectivity index (χ2v) is 6.53. The van der Waals surface area contributed by atoms with Crippen LogP contribution in [0.4, 0.5) is 0 Å². The molecule has 7 heteroatoms. The van der Waals surface area contributed by atoms with Gasteiger partial charge in [0, 0.05) is 30.7 Å². The van der Waals surface area contributed by atoms with Crippen molar-refractivity contribution in [3.05, 3.63) is 28.3 Å². The Morgan fingerprint density at radius 2 is 2.23 bits per heavy atom. The number of aromatic nitrogens is 2. The minimum Gasteiger partial charge on any atom is -0.480 e. The number of hydrogen-bond donors (Lipinski definition) is 1. The Bertz CT molecular complexity index is 734. The highest BCUT2D eigenvalue weighted by atomic mass is 32.1. The van der Waals surface area contributed by atoms with Gasteiger partial charge in [-0.15, -0.1) is 11.3 Å². The molecule has 116 valence electrons. The van der Waals surface area contributed by atoms with E-state index in [2.05, 4.69) is 4.98 Å². The number of likely N-dealkylation sites (tertiary alicyclic amines) is 1. The van der Waals surface area contributed by atoms with Gasteiger partial charge in [0.2, 0.25) is 0 Å². The third-order valence-corrected chi connectivity index (χ3v) is 4.71. The predicted octanol–water partition coefficient (Wildman–Crippen LogP) is 2.15. The number of hydrogen-bond acceptors (Lipinski definition) is 4. The molecular weight excluding hydrogens is 302 g/mol. The van der Waals surface area contributed by atoms with Gasteiger partial charge in [-0.1, -0.05) is 0 Å². The maximum absolute atomic E-state index is 12.7. The lowest BCUT2D eigenvalue weighted by Crippen LogP contribution is -2.41. The summed E-state index contributed by atoms with van der Waals surface area (Å²) in [5.41, 5.74) is 2.21. The molecule has 0 aliphatic carbocycles. The van der Waals surface area contributed by atoms with Gasteiger partial charge in [0.25, 0.3) is 5.91 Å². The maximum Gasteiger partial charge on any atom is 0.326 e. The van der Waals surface area contributed by atoms with Crippen molar-refractivity contribution in [2.45, 2.75) is 25.8 Å². The van der Waals surface area contributed by atoms with E-state index in [1.54, 1.807) is 29.0 Å². The highest BCUT2D eigenvalue weighted by molar-refractivity contribution is 7.09. The molecular formula is C15H17N3O3S. The molecule has 0 saturated carbocycles. The van der Waals surface area contributed by atoms with Gasteiger partial charge in [0.15, 0.2) is 0 Å². The van der Waals surface area contributed by atoms with Crippen LogP contribution in [-0.2, 0) is 11.8 Å². The fourth-order valence-electron chi connectivity index (χ4n) is 2.83. The summed E-state index contributed by atoms with van der Waals surface area (Å²) in [6.07, 6.45) is 3.10. The van der Waals surface area contributed by atoms with Crippen LogP contribution in [0.15, 0.2) is 17.6 Å². The molecule has 6 nitrogen and oxygen atoms in total. The molecule has 0 radical (unpaired) electrons. The first-order chi connectivity index (χ1) is 10.5. The number of nitrogens with zero attached hydrogens (tertiary/aromatic N) is 3. The van der Waals surface area contributed by atoms with Crippen molar-refractivity contribution >= 4 is 23.2 Å². The Morgan fingerprint density at radius 1 is 1.45 bits per heavy atom. The second-order valence-electron chi connectivity index (χ2n) is 5.47. The van der Waals surface area contributed by atoms with E-state index in [1.165, 1.54) is 4.90 Å². The SMILES string of the molecule is Cc1nc(-c2cc(C(=O)N3CCCC3C(=O)O)n(C)c2)cs1. The van der Waals surface area contributed by atoms with Gasteiger partial charge in [0.05, 0.1) is 10.7 Å². The summed E-state index contributed by atoms with van der Waals surface area (Å²) in [4.78, 5) is 29.8. The number of rotatable bonds is 3. The fourth-order valence-corrected chi connectivity index (χ4v) is 3.45. The summed E-state index contributed by atoms with van der Waals surface area (Å²) in [7, 11) is 1.79. The Balaban J connectivity index is 1.90. The molecule has 2 aromatic rings. The van der Waals surface area contributed by atoms with Gasteiger partial charge in [-0.3, -0.25) is 4.79 Å². The molecule has 2 aromatic heterocycles. The standard InChI is InChI=1S/C15H17N3O3S/c1-9-16-11(8-22-9)10-6-13(17(2)7-10)14(19)18-5-3-4-12(18)15(20)21/h6-8,12H,3-5H2,1-2H3,(H,20,21). The van der Waals surface area contributed by atoms with Crippen LogP contribution in [-0.4, -0.2) is 44.0 Å². The third-order valence-electron chi connectivity index (χ3n) is 3.94. The van der Waals surface area contributed by atoms with Crippen LogP contribution in [0, 0.1) is 6.92 Å². The quantitative estimate of drug-likeness (QED) is 0.940. The number of carbonyl (C=O) groups is 2. The second kappa shape index (κ2) is 5.57. The number of thiazole rings is 1. The molecule has 0 bridgehead atoms. The maximum atomic E-state index is 12.7. The largest absolute Gasteiger partial charge is 0.480 e. The van der Waals surface area contributed by atoms with E-state index >= 15 is 0 Å². The first-order valence-electron chi connectivity index (χ1n) is 7.10. The Morgan fingerprint density at radius 3 is 2.86 bits per heavy atom. The summed E-state index contributed by atoms with van der Waals surface area (Å²) in [5.74, 6) is -1.17. The minimum absolute atomic E-state index is 0.231. The number of aryl methyl sites for hydroxylation is 2. The van der Waals surface area contributed by atoms with Crippen molar-refractivity contribution in [3.63, 3.8) is 0 Å².